The SMILES string of the molecule is O=[N+]([O-])c1ccc(NCCC2CCCCO2)cn1. The Morgan fingerprint density at radius 3 is 3.00 bits per heavy atom. The molecule has 1 saturated heterocycles. The predicted molar refractivity (Wildman–Crippen MR) is 67.6 cm³/mol. The van der Waals surface area contributed by atoms with Gasteiger partial charge in [0.1, 0.15) is 0 Å². The maximum atomic E-state index is 10.4. The van der Waals surface area contributed by atoms with Crippen LogP contribution in [0.3, 0.4) is 0 Å². The number of nitro groups is 1. The second kappa shape index (κ2) is 6.30. The molecule has 2 rings (SSSR count). The number of nitrogens with one attached hydrogen (secondary N) is 1. The molecule has 18 heavy (non-hydrogen) atoms. The molecular formula is C12H17N3O3. The van der Waals surface area contributed by atoms with Crippen LogP contribution in [0.2, 0.25) is 0 Å². The molecule has 1 fully saturated rings. The molecule has 1 atom stereocenters. The summed E-state index contributed by atoms with van der Waals surface area (Å²) >= 11 is 0. The summed E-state index contributed by atoms with van der Waals surface area (Å²) in [4.78, 5) is 13.7. The van der Waals surface area contributed by atoms with Crippen molar-refractivity contribution in [2.75, 3.05) is 18.5 Å². The summed E-state index contributed by atoms with van der Waals surface area (Å²) in [7, 11) is 0. The summed E-state index contributed by atoms with van der Waals surface area (Å²) in [5.74, 6) is -0.129. The zero-order valence-electron chi connectivity index (χ0n) is 10.2. The van der Waals surface area contributed by atoms with Crippen molar-refractivity contribution in [2.24, 2.45) is 0 Å². The Kier molecular flexibility index (Phi) is 4.46. The average Bonchev–Trinajstić information content (AvgIpc) is 2.40. The van der Waals surface area contributed by atoms with Gasteiger partial charge in [-0.15, -0.1) is 0 Å². The zero-order valence-corrected chi connectivity index (χ0v) is 10.2. The van der Waals surface area contributed by atoms with E-state index in [2.05, 4.69) is 10.3 Å². The molecule has 0 aliphatic carbocycles. The number of rotatable bonds is 5. The number of hydrogen-bond acceptors (Lipinski definition) is 5. The molecule has 0 spiro atoms. The minimum absolute atomic E-state index is 0.129. The highest BCUT2D eigenvalue weighted by molar-refractivity contribution is 5.43. The van der Waals surface area contributed by atoms with Gasteiger partial charge in [0.15, 0.2) is 6.20 Å². The molecule has 1 aliphatic rings. The van der Waals surface area contributed by atoms with Gasteiger partial charge in [-0.05, 0) is 41.7 Å². The second-order valence-corrected chi connectivity index (χ2v) is 4.37. The van der Waals surface area contributed by atoms with Crippen LogP contribution in [0.4, 0.5) is 11.5 Å². The lowest BCUT2D eigenvalue weighted by molar-refractivity contribution is -0.389. The molecule has 98 valence electrons. The number of ether oxygens (including phenoxy) is 1. The molecule has 0 saturated carbocycles. The van der Waals surface area contributed by atoms with Crippen LogP contribution in [0.1, 0.15) is 25.7 Å². The van der Waals surface area contributed by atoms with Gasteiger partial charge in [-0.2, -0.15) is 0 Å². The van der Waals surface area contributed by atoms with Gasteiger partial charge in [0, 0.05) is 19.2 Å². The van der Waals surface area contributed by atoms with Crippen LogP contribution in [0.5, 0.6) is 0 Å². The van der Waals surface area contributed by atoms with Crippen LogP contribution in [0, 0.1) is 10.1 Å². The maximum Gasteiger partial charge on any atom is 0.363 e. The van der Waals surface area contributed by atoms with E-state index in [9.17, 15) is 10.1 Å². The highest BCUT2D eigenvalue weighted by Crippen LogP contribution is 2.16. The Morgan fingerprint density at radius 1 is 1.50 bits per heavy atom. The Bertz CT molecular complexity index is 388. The lowest BCUT2D eigenvalue weighted by atomic mass is 10.1. The van der Waals surface area contributed by atoms with E-state index in [0.29, 0.717) is 6.10 Å². The van der Waals surface area contributed by atoms with Gasteiger partial charge in [-0.25, -0.2) is 0 Å². The molecule has 0 aromatic carbocycles. The van der Waals surface area contributed by atoms with Crippen LogP contribution in [-0.2, 0) is 4.74 Å². The third-order valence-electron chi connectivity index (χ3n) is 3.00. The highest BCUT2D eigenvalue weighted by Gasteiger charge is 2.13. The van der Waals surface area contributed by atoms with Crippen molar-refractivity contribution in [2.45, 2.75) is 31.8 Å². The van der Waals surface area contributed by atoms with Crippen LogP contribution in [-0.4, -0.2) is 29.2 Å². The molecule has 1 unspecified atom stereocenters. The molecule has 2 heterocycles. The van der Waals surface area contributed by atoms with Gasteiger partial charge in [0.25, 0.3) is 0 Å². The monoisotopic (exact) mass is 251 g/mol. The van der Waals surface area contributed by atoms with Gasteiger partial charge >= 0.3 is 5.82 Å². The fourth-order valence-corrected chi connectivity index (χ4v) is 2.01. The Labute approximate surface area is 106 Å². The standard InChI is InChI=1S/C12H17N3O3/c16-15(17)12-5-4-10(9-14-12)13-7-6-11-3-1-2-8-18-11/h4-5,9,11,13H,1-3,6-8H2. The fourth-order valence-electron chi connectivity index (χ4n) is 2.01. The Balaban J connectivity index is 1.74. The van der Waals surface area contributed by atoms with Crippen LogP contribution in [0.15, 0.2) is 18.3 Å². The normalized spacial score (nSPS) is 19.4. The summed E-state index contributed by atoms with van der Waals surface area (Å²) in [6.07, 6.45) is 6.31. The van der Waals surface area contributed by atoms with Crippen molar-refractivity contribution in [3.05, 3.63) is 28.4 Å². The van der Waals surface area contributed by atoms with Gasteiger partial charge in [0.2, 0.25) is 0 Å². The van der Waals surface area contributed by atoms with E-state index >= 15 is 0 Å². The molecular weight excluding hydrogens is 234 g/mol. The number of pyridine rings is 1. The zero-order chi connectivity index (χ0) is 12.8. The second-order valence-electron chi connectivity index (χ2n) is 4.37. The first kappa shape index (κ1) is 12.8. The molecule has 6 heteroatoms. The third-order valence-corrected chi connectivity index (χ3v) is 3.00. The Morgan fingerprint density at radius 2 is 2.39 bits per heavy atom. The van der Waals surface area contributed by atoms with Crippen molar-refractivity contribution >= 4 is 11.5 Å². The van der Waals surface area contributed by atoms with E-state index in [-0.39, 0.29) is 5.82 Å². The van der Waals surface area contributed by atoms with E-state index < -0.39 is 4.92 Å². The summed E-state index contributed by atoms with van der Waals surface area (Å²) < 4.78 is 5.62. The van der Waals surface area contributed by atoms with Crippen LogP contribution in [0.25, 0.3) is 0 Å². The third kappa shape index (κ3) is 3.66. The lowest BCUT2D eigenvalue weighted by Gasteiger charge is -2.22. The number of nitrogens with zero attached hydrogens (tertiary/aromatic N) is 2. The quantitative estimate of drug-likeness (QED) is 0.642. The molecule has 6 nitrogen and oxygen atoms in total. The summed E-state index contributed by atoms with van der Waals surface area (Å²) in [6.45, 7) is 1.66. The summed E-state index contributed by atoms with van der Waals surface area (Å²) in [5.41, 5.74) is 0.802. The Hall–Kier alpha value is -1.69. The molecule has 1 aliphatic heterocycles. The molecule has 1 aromatic heterocycles. The smallest absolute Gasteiger partial charge is 0.363 e. The summed E-state index contributed by atoms with van der Waals surface area (Å²) in [6, 6.07) is 3.08. The topological polar surface area (TPSA) is 77.3 Å². The number of hydrogen-bond donors (Lipinski definition) is 1. The highest BCUT2D eigenvalue weighted by atomic mass is 16.6. The molecule has 0 radical (unpaired) electrons. The first-order chi connectivity index (χ1) is 8.75. The van der Waals surface area contributed by atoms with Gasteiger partial charge < -0.3 is 20.2 Å². The van der Waals surface area contributed by atoms with E-state index in [1.165, 1.54) is 18.7 Å². The van der Waals surface area contributed by atoms with Gasteiger partial charge in [-0.3, -0.25) is 0 Å². The van der Waals surface area contributed by atoms with E-state index in [1.54, 1.807) is 6.07 Å². The molecule has 0 amide bonds. The predicted octanol–water partition coefficient (Wildman–Crippen LogP) is 2.36. The number of aromatic nitrogens is 1. The first-order valence-corrected chi connectivity index (χ1v) is 6.21. The average molecular weight is 251 g/mol. The largest absolute Gasteiger partial charge is 0.382 e. The lowest BCUT2D eigenvalue weighted by Crippen LogP contribution is -2.21. The van der Waals surface area contributed by atoms with Crippen molar-refractivity contribution in [3.63, 3.8) is 0 Å². The number of anilines is 1. The van der Waals surface area contributed by atoms with Crippen LogP contribution < -0.4 is 5.32 Å². The maximum absolute atomic E-state index is 10.4. The molecule has 1 N–H and O–H groups in total. The minimum Gasteiger partial charge on any atom is -0.382 e. The van der Waals surface area contributed by atoms with E-state index in [1.807, 2.05) is 0 Å². The molecule has 1 aromatic rings. The van der Waals surface area contributed by atoms with E-state index in [0.717, 1.165) is 38.1 Å². The van der Waals surface area contributed by atoms with Gasteiger partial charge in [-0.1, -0.05) is 0 Å². The van der Waals surface area contributed by atoms with Crippen molar-refractivity contribution in [1.29, 1.82) is 0 Å². The fraction of sp³-hybridized carbons (Fsp3) is 0.583. The summed E-state index contributed by atoms with van der Waals surface area (Å²) in [5, 5.41) is 13.6. The van der Waals surface area contributed by atoms with Gasteiger partial charge in [0.05, 0.1) is 11.8 Å². The van der Waals surface area contributed by atoms with E-state index in [4.69, 9.17) is 4.74 Å². The van der Waals surface area contributed by atoms with Crippen molar-refractivity contribution in [1.82, 2.24) is 4.98 Å². The molecule has 0 bridgehead atoms. The minimum atomic E-state index is -0.500. The first-order valence-electron chi connectivity index (χ1n) is 6.21. The van der Waals surface area contributed by atoms with Crippen molar-refractivity contribution < 1.29 is 9.66 Å². The van der Waals surface area contributed by atoms with Crippen LogP contribution >= 0.6 is 0 Å². The van der Waals surface area contributed by atoms with Crippen molar-refractivity contribution in [3.8, 4) is 0 Å².